The van der Waals surface area contributed by atoms with Crippen molar-refractivity contribution in [3.05, 3.63) is 42.5 Å². The fraction of sp³-hybridized carbons (Fsp3) is 0.333. The van der Waals surface area contributed by atoms with E-state index >= 15 is 0 Å². The van der Waals surface area contributed by atoms with Crippen LogP contribution in [0.5, 0.6) is 0 Å². The van der Waals surface area contributed by atoms with E-state index in [1.54, 1.807) is 31.3 Å². The number of carbonyl (C=O) groups is 1. The second-order valence-corrected chi connectivity index (χ2v) is 10.4. The average Bonchev–Trinajstić information content (AvgIpc) is 3.41. The maximum Gasteiger partial charge on any atom is 0.481 e. The number of hydrogen-bond donors (Lipinski definition) is 5. The SMILES string of the molecule is CNc1ccccc1C(=O)O[C@H]1C[C@H](n2cnc3c(N)ncnc32)O[C@@H]1COP(=O)(O)OP(=O)(O)O.F.F.F. The predicted molar refractivity (Wildman–Crippen MR) is 130 cm³/mol. The van der Waals surface area contributed by atoms with Crippen molar-refractivity contribution in [1.29, 1.82) is 0 Å². The predicted octanol–water partition coefficient (Wildman–Crippen LogP) is 1.65. The minimum Gasteiger partial charge on any atom is -0.456 e. The topological polar surface area (TPSA) is 230 Å². The standard InChI is InChI=1S/C18H22N6O10P2.3FH/c1-20-11-5-3-2-4-10(11)18(25)33-12-6-14(24-9-23-15-16(19)21-8-22-17(15)24)32-13(12)7-31-36(29,30)34-35(26,27)28;;;/h2-5,8-9,12-14,20H,6-7H2,1H3,(H,29,30)(H2,19,21,22)(H2,26,27,28);3*1H/t12-,13+,14+;;;/m0.../s1. The monoisotopic (exact) mass is 604 g/mol. The first-order valence-electron chi connectivity index (χ1n) is 10.3. The van der Waals surface area contributed by atoms with Gasteiger partial charge in [-0.2, -0.15) is 4.31 Å². The lowest BCUT2D eigenvalue weighted by molar-refractivity contribution is -0.0490. The second kappa shape index (κ2) is 13.3. The summed E-state index contributed by atoms with van der Waals surface area (Å²) in [6, 6.07) is 6.60. The maximum absolute atomic E-state index is 12.9. The third kappa shape index (κ3) is 7.93. The number of rotatable bonds is 9. The molecule has 21 heteroatoms. The minimum atomic E-state index is -5.33. The summed E-state index contributed by atoms with van der Waals surface area (Å²) in [4.78, 5) is 52.4. The molecule has 1 aromatic carbocycles. The van der Waals surface area contributed by atoms with E-state index in [9.17, 15) is 18.8 Å². The van der Waals surface area contributed by atoms with Crippen molar-refractivity contribution in [2.75, 3.05) is 24.7 Å². The fourth-order valence-corrected chi connectivity index (χ4v) is 5.23. The van der Waals surface area contributed by atoms with Crippen molar-refractivity contribution >= 4 is 44.3 Å². The molecule has 4 rings (SSSR count). The van der Waals surface area contributed by atoms with Crippen LogP contribution >= 0.6 is 15.6 Å². The lowest BCUT2D eigenvalue weighted by Crippen LogP contribution is -2.31. The van der Waals surface area contributed by atoms with Gasteiger partial charge in [0.1, 0.15) is 30.3 Å². The van der Waals surface area contributed by atoms with E-state index in [0.29, 0.717) is 16.9 Å². The number of fused-ring (bicyclic) bond motifs is 1. The highest BCUT2D eigenvalue weighted by Crippen LogP contribution is 2.57. The van der Waals surface area contributed by atoms with Crippen LogP contribution in [0.25, 0.3) is 11.2 Å². The molecule has 16 nitrogen and oxygen atoms in total. The highest BCUT2D eigenvalue weighted by atomic mass is 31.3. The highest BCUT2D eigenvalue weighted by molar-refractivity contribution is 7.60. The summed E-state index contributed by atoms with van der Waals surface area (Å²) in [5, 5.41) is 2.88. The summed E-state index contributed by atoms with van der Waals surface area (Å²) in [5.74, 6) is -0.570. The summed E-state index contributed by atoms with van der Waals surface area (Å²) in [6.45, 7) is -0.709. The molecule has 218 valence electrons. The highest BCUT2D eigenvalue weighted by Gasteiger charge is 2.42. The van der Waals surface area contributed by atoms with Gasteiger partial charge in [-0.05, 0) is 12.1 Å². The van der Waals surface area contributed by atoms with Gasteiger partial charge in [0.25, 0.3) is 0 Å². The van der Waals surface area contributed by atoms with Crippen molar-refractivity contribution in [2.45, 2.75) is 24.9 Å². The number of nitrogens with zero attached hydrogens (tertiary/aromatic N) is 4. The van der Waals surface area contributed by atoms with Crippen LogP contribution in [0.15, 0.2) is 36.9 Å². The molecule has 0 amide bonds. The Kier molecular flexibility index (Phi) is 11.5. The second-order valence-electron chi connectivity index (χ2n) is 7.52. The van der Waals surface area contributed by atoms with Crippen molar-refractivity contribution in [2.24, 2.45) is 0 Å². The zero-order valence-corrected chi connectivity index (χ0v) is 21.6. The number of benzene rings is 1. The van der Waals surface area contributed by atoms with Crippen LogP contribution in [0.1, 0.15) is 23.0 Å². The van der Waals surface area contributed by atoms with E-state index in [-0.39, 0.29) is 31.9 Å². The largest absolute Gasteiger partial charge is 0.481 e. The van der Waals surface area contributed by atoms with Crippen LogP contribution in [0.2, 0.25) is 0 Å². The van der Waals surface area contributed by atoms with Crippen LogP contribution in [-0.4, -0.2) is 66.0 Å². The lowest BCUT2D eigenvalue weighted by atomic mass is 10.1. The number of phosphoric acid groups is 2. The zero-order valence-electron chi connectivity index (χ0n) is 19.8. The van der Waals surface area contributed by atoms with E-state index in [0.717, 1.165) is 0 Å². The van der Waals surface area contributed by atoms with Crippen LogP contribution in [0, 0.1) is 0 Å². The number of para-hydroxylation sites is 1. The van der Waals surface area contributed by atoms with Gasteiger partial charge in [-0.25, -0.2) is 28.9 Å². The Morgan fingerprint density at radius 2 is 1.87 bits per heavy atom. The number of phosphoric ester groups is 1. The van der Waals surface area contributed by atoms with Crippen LogP contribution in [0.4, 0.5) is 25.6 Å². The van der Waals surface area contributed by atoms with E-state index < -0.39 is 46.7 Å². The lowest BCUT2D eigenvalue weighted by Gasteiger charge is -2.20. The Morgan fingerprint density at radius 1 is 1.18 bits per heavy atom. The molecule has 1 unspecified atom stereocenters. The number of anilines is 2. The normalized spacial score (nSPS) is 20.2. The van der Waals surface area contributed by atoms with E-state index in [4.69, 9.17) is 29.5 Å². The number of imidazole rings is 1. The smallest absolute Gasteiger partial charge is 0.456 e. The first-order valence-corrected chi connectivity index (χ1v) is 13.3. The molecule has 3 aromatic rings. The number of hydrogen-bond acceptors (Lipinski definition) is 12. The van der Waals surface area contributed by atoms with E-state index in [1.165, 1.54) is 17.2 Å². The van der Waals surface area contributed by atoms with Gasteiger partial charge in [0.2, 0.25) is 0 Å². The Hall–Kier alpha value is -3.15. The van der Waals surface area contributed by atoms with Crippen LogP contribution < -0.4 is 11.1 Å². The third-order valence-corrected chi connectivity index (χ3v) is 7.32. The number of nitrogens with two attached hydrogens (primary N) is 1. The van der Waals surface area contributed by atoms with Gasteiger partial charge in [-0.3, -0.25) is 23.2 Å². The van der Waals surface area contributed by atoms with E-state index in [1.807, 2.05) is 0 Å². The van der Waals surface area contributed by atoms with E-state index in [2.05, 4.69) is 24.6 Å². The molecule has 0 bridgehead atoms. The number of aromatic nitrogens is 4. The van der Waals surface area contributed by atoms with Gasteiger partial charge in [0, 0.05) is 19.2 Å². The Bertz CT molecular complexity index is 1380. The first-order chi connectivity index (χ1) is 17.0. The molecule has 39 heavy (non-hydrogen) atoms. The molecule has 1 saturated heterocycles. The summed E-state index contributed by atoms with van der Waals surface area (Å²) in [5.41, 5.74) is 7.21. The minimum absolute atomic E-state index is 0. The number of nitrogen functional groups attached to an aromatic ring is 1. The number of nitrogens with one attached hydrogen (secondary N) is 1. The Balaban J connectivity index is 0.00000253. The van der Waals surface area contributed by atoms with Crippen LogP contribution in [0.3, 0.4) is 0 Å². The number of carbonyl (C=O) groups excluding carboxylic acids is 1. The summed E-state index contributed by atoms with van der Waals surface area (Å²) in [7, 11) is -8.87. The van der Waals surface area contributed by atoms with Crippen LogP contribution in [-0.2, 0) is 27.4 Å². The molecule has 0 saturated carbocycles. The molecular weight excluding hydrogens is 579 g/mol. The molecule has 6 N–H and O–H groups in total. The van der Waals surface area contributed by atoms with Gasteiger partial charge >= 0.3 is 21.6 Å². The molecule has 1 aliphatic rings. The summed E-state index contributed by atoms with van der Waals surface area (Å²) in [6.07, 6.45) is -0.300. The van der Waals surface area contributed by atoms with Gasteiger partial charge in [-0.1, -0.05) is 12.1 Å². The average molecular weight is 604 g/mol. The molecule has 0 spiro atoms. The van der Waals surface area contributed by atoms with Gasteiger partial charge < -0.3 is 35.2 Å². The van der Waals surface area contributed by atoms with Crippen molar-refractivity contribution in [3.63, 3.8) is 0 Å². The fourth-order valence-electron chi connectivity index (χ4n) is 3.63. The van der Waals surface area contributed by atoms with Crippen molar-refractivity contribution < 1.29 is 61.0 Å². The Labute approximate surface area is 217 Å². The van der Waals surface area contributed by atoms with Crippen molar-refractivity contribution in [1.82, 2.24) is 19.5 Å². The zero-order chi connectivity index (χ0) is 26.1. The molecule has 3 heterocycles. The molecule has 2 aromatic heterocycles. The number of halogens is 3. The van der Waals surface area contributed by atoms with Gasteiger partial charge in [0.05, 0.1) is 18.5 Å². The number of ether oxygens (including phenoxy) is 2. The first kappa shape index (κ1) is 33.9. The van der Waals surface area contributed by atoms with Gasteiger partial charge in [-0.15, -0.1) is 0 Å². The molecule has 4 atom stereocenters. The summed E-state index contributed by atoms with van der Waals surface area (Å²) >= 11 is 0. The maximum atomic E-state index is 12.9. The third-order valence-electron chi connectivity index (χ3n) is 5.16. The summed E-state index contributed by atoms with van der Waals surface area (Å²) < 4.78 is 44.5. The van der Waals surface area contributed by atoms with Crippen molar-refractivity contribution in [3.8, 4) is 0 Å². The quantitative estimate of drug-likeness (QED) is 0.173. The Morgan fingerprint density at radius 3 is 2.54 bits per heavy atom. The molecule has 1 aliphatic heterocycles. The molecular formula is C18H25F3N6O10P2. The van der Waals surface area contributed by atoms with Gasteiger partial charge in [0.15, 0.2) is 11.5 Å². The number of esters is 1. The molecule has 0 radical (unpaired) electrons. The molecule has 0 aliphatic carbocycles. The molecule has 1 fully saturated rings.